The van der Waals surface area contributed by atoms with Crippen molar-refractivity contribution >= 4 is 21.5 Å². The van der Waals surface area contributed by atoms with E-state index >= 15 is 0 Å². The van der Waals surface area contributed by atoms with Crippen molar-refractivity contribution in [3.05, 3.63) is 48.5 Å². The van der Waals surface area contributed by atoms with Gasteiger partial charge in [-0.15, -0.1) is 0 Å². The predicted octanol–water partition coefficient (Wildman–Crippen LogP) is 7.67. The van der Waals surface area contributed by atoms with Gasteiger partial charge in [-0.05, 0) is 35.7 Å². The largest absolute Gasteiger partial charge is 0.493 e. The van der Waals surface area contributed by atoms with Crippen LogP contribution in [0.1, 0.15) is 64.2 Å². The van der Waals surface area contributed by atoms with E-state index in [1.54, 1.807) is 0 Å². The van der Waals surface area contributed by atoms with Crippen LogP contribution in [0.25, 0.3) is 21.5 Å². The Morgan fingerprint density at radius 1 is 0.429 bits per heavy atom. The molecule has 148 valence electrons. The van der Waals surface area contributed by atoms with Crippen LogP contribution in [-0.4, -0.2) is 13.2 Å². The Bertz CT molecular complexity index is 825. The lowest BCUT2D eigenvalue weighted by atomic mass is 10.0. The van der Waals surface area contributed by atoms with Gasteiger partial charge in [0.25, 0.3) is 0 Å². The Morgan fingerprint density at radius 3 is 1.25 bits per heavy atom. The van der Waals surface area contributed by atoms with E-state index in [-0.39, 0.29) is 0 Å². The van der Waals surface area contributed by atoms with Crippen LogP contribution in [-0.2, 0) is 0 Å². The van der Waals surface area contributed by atoms with Crippen molar-refractivity contribution in [2.45, 2.75) is 64.2 Å². The van der Waals surface area contributed by atoms with Crippen LogP contribution >= 0.6 is 0 Å². The third kappa shape index (κ3) is 4.60. The van der Waals surface area contributed by atoms with E-state index in [4.69, 9.17) is 9.47 Å². The molecule has 0 fully saturated rings. The molecular weight excluding hydrogens is 344 g/mol. The number of rotatable bonds is 0. The van der Waals surface area contributed by atoms with E-state index in [1.165, 1.54) is 72.9 Å². The van der Waals surface area contributed by atoms with Crippen molar-refractivity contribution in [3.63, 3.8) is 0 Å². The van der Waals surface area contributed by atoms with Gasteiger partial charge in [-0.1, -0.05) is 87.8 Å². The van der Waals surface area contributed by atoms with E-state index in [2.05, 4.69) is 48.5 Å². The standard InChI is InChI=1S/C26H32O2/c1-2-4-6-8-10-20-28-24-16-12-14-22-18-17-21-13-11-15-23(25(21)26(22)24)27-19-9-7-5-3-1/h11-18H,1-10,19-20H2. The number of benzene rings is 3. The van der Waals surface area contributed by atoms with Crippen LogP contribution in [0.5, 0.6) is 11.5 Å². The Kier molecular flexibility index (Phi) is 6.70. The summed E-state index contributed by atoms with van der Waals surface area (Å²) in [5.74, 6) is 1.97. The first-order valence-corrected chi connectivity index (χ1v) is 11.1. The van der Waals surface area contributed by atoms with Gasteiger partial charge in [-0.2, -0.15) is 0 Å². The molecule has 0 atom stereocenters. The van der Waals surface area contributed by atoms with Crippen LogP contribution < -0.4 is 9.47 Å². The molecule has 28 heavy (non-hydrogen) atoms. The highest BCUT2D eigenvalue weighted by atomic mass is 16.5. The van der Waals surface area contributed by atoms with Crippen molar-refractivity contribution in [2.24, 2.45) is 0 Å². The van der Waals surface area contributed by atoms with E-state index in [9.17, 15) is 0 Å². The first-order valence-electron chi connectivity index (χ1n) is 11.1. The molecular formula is C26H32O2. The van der Waals surface area contributed by atoms with Crippen LogP contribution in [0.15, 0.2) is 48.5 Å². The third-order valence-corrected chi connectivity index (χ3v) is 5.86. The fourth-order valence-electron chi connectivity index (χ4n) is 4.31. The van der Waals surface area contributed by atoms with Gasteiger partial charge in [0.1, 0.15) is 11.5 Å². The molecule has 4 rings (SSSR count). The molecule has 0 N–H and O–H groups in total. The van der Waals surface area contributed by atoms with Crippen molar-refractivity contribution in [1.82, 2.24) is 0 Å². The summed E-state index contributed by atoms with van der Waals surface area (Å²) in [5.41, 5.74) is 0. The lowest BCUT2D eigenvalue weighted by Crippen LogP contribution is -2.00. The monoisotopic (exact) mass is 376 g/mol. The van der Waals surface area contributed by atoms with Crippen molar-refractivity contribution < 1.29 is 9.47 Å². The summed E-state index contributed by atoms with van der Waals surface area (Å²) in [6.45, 7) is 1.58. The van der Waals surface area contributed by atoms with E-state index < -0.39 is 0 Å². The predicted molar refractivity (Wildman–Crippen MR) is 119 cm³/mol. The third-order valence-electron chi connectivity index (χ3n) is 5.86. The van der Waals surface area contributed by atoms with Gasteiger partial charge in [0.2, 0.25) is 0 Å². The molecule has 0 saturated carbocycles. The average Bonchev–Trinajstić information content (AvgIpc) is 2.73. The smallest absolute Gasteiger partial charge is 0.127 e. The molecule has 0 radical (unpaired) electrons. The molecule has 3 aromatic carbocycles. The first-order chi connectivity index (χ1) is 13.9. The van der Waals surface area contributed by atoms with Crippen LogP contribution in [0.4, 0.5) is 0 Å². The molecule has 1 aliphatic heterocycles. The molecule has 1 aliphatic rings. The van der Waals surface area contributed by atoms with Gasteiger partial charge < -0.3 is 9.47 Å². The highest BCUT2D eigenvalue weighted by molar-refractivity contribution is 6.13. The topological polar surface area (TPSA) is 18.5 Å². The zero-order valence-corrected chi connectivity index (χ0v) is 16.9. The van der Waals surface area contributed by atoms with Crippen molar-refractivity contribution in [1.29, 1.82) is 0 Å². The Morgan fingerprint density at radius 2 is 0.821 bits per heavy atom. The minimum Gasteiger partial charge on any atom is -0.493 e. The molecule has 0 aliphatic carbocycles. The summed E-state index contributed by atoms with van der Waals surface area (Å²) in [4.78, 5) is 0. The van der Waals surface area contributed by atoms with Gasteiger partial charge in [0, 0.05) is 10.8 Å². The summed E-state index contributed by atoms with van der Waals surface area (Å²) in [7, 11) is 0. The molecule has 2 nitrogen and oxygen atoms in total. The SMILES string of the molecule is c1cc2c3c(c1)ccc1cccc(c13)OCCCCCCCCCCCCO2. The molecule has 2 heteroatoms. The fraction of sp³-hybridized carbons (Fsp3) is 0.462. The summed E-state index contributed by atoms with van der Waals surface area (Å²) in [5, 5.41) is 4.82. The molecule has 0 saturated heterocycles. The van der Waals surface area contributed by atoms with Gasteiger partial charge in [-0.3, -0.25) is 0 Å². The minimum atomic E-state index is 0.790. The minimum absolute atomic E-state index is 0.790. The summed E-state index contributed by atoms with van der Waals surface area (Å²) >= 11 is 0. The second-order valence-corrected chi connectivity index (χ2v) is 8.01. The lowest BCUT2D eigenvalue weighted by Gasteiger charge is -2.15. The van der Waals surface area contributed by atoms with Crippen LogP contribution in [0, 0.1) is 0 Å². The molecule has 0 unspecified atom stereocenters. The molecule has 1 heterocycles. The Hall–Kier alpha value is -2.22. The molecule has 0 amide bonds. The van der Waals surface area contributed by atoms with Gasteiger partial charge in [-0.25, -0.2) is 0 Å². The summed E-state index contributed by atoms with van der Waals surface area (Å²) < 4.78 is 12.5. The van der Waals surface area contributed by atoms with Crippen molar-refractivity contribution in [3.8, 4) is 11.5 Å². The van der Waals surface area contributed by atoms with Gasteiger partial charge in [0.15, 0.2) is 0 Å². The van der Waals surface area contributed by atoms with Gasteiger partial charge >= 0.3 is 0 Å². The Balaban J connectivity index is 1.67. The summed E-state index contributed by atoms with van der Waals surface area (Å²) in [6.07, 6.45) is 12.9. The van der Waals surface area contributed by atoms with E-state index in [0.717, 1.165) is 37.6 Å². The molecule has 0 bridgehead atoms. The fourth-order valence-corrected chi connectivity index (χ4v) is 4.31. The van der Waals surface area contributed by atoms with Crippen LogP contribution in [0.2, 0.25) is 0 Å². The van der Waals surface area contributed by atoms with Crippen molar-refractivity contribution in [2.75, 3.05) is 13.2 Å². The number of ether oxygens (including phenoxy) is 2. The number of hydrogen-bond donors (Lipinski definition) is 0. The lowest BCUT2D eigenvalue weighted by molar-refractivity contribution is 0.304. The maximum absolute atomic E-state index is 6.27. The zero-order valence-electron chi connectivity index (χ0n) is 16.9. The Labute approximate surface area is 168 Å². The van der Waals surface area contributed by atoms with E-state index in [0.29, 0.717) is 0 Å². The highest BCUT2D eigenvalue weighted by Gasteiger charge is 2.11. The molecule has 0 aromatic heterocycles. The second-order valence-electron chi connectivity index (χ2n) is 8.01. The van der Waals surface area contributed by atoms with Gasteiger partial charge in [0.05, 0.1) is 13.2 Å². The average molecular weight is 377 g/mol. The van der Waals surface area contributed by atoms with E-state index in [1.807, 2.05) is 0 Å². The molecule has 3 aromatic rings. The quantitative estimate of drug-likeness (QED) is 0.375. The maximum atomic E-state index is 6.27. The normalized spacial score (nSPS) is 17.6. The molecule has 0 spiro atoms. The second kappa shape index (κ2) is 9.82. The summed E-state index contributed by atoms with van der Waals surface area (Å²) in [6, 6.07) is 17.1. The first kappa shape index (κ1) is 19.1. The van der Waals surface area contributed by atoms with Crippen LogP contribution in [0.3, 0.4) is 0 Å². The zero-order chi connectivity index (χ0) is 19.0. The highest BCUT2D eigenvalue weighted by Crippen LogP contribution is 2.38. The number of hydrogen-bond acceptors (Lipinski definition) is 2. The maximum Gasteiger partial charge on any atom is 0.127 e.